The Bertz CT molecular complexity index is 1750. The number of hydrogen-bond donors (Lipinski definition) is 0. The summed E-state index contributed by atoms with van der Waals surface area (Å²) < 4.78 is 3.80. The summed E-state index contributed by atoms with van der Waals surface area (Å²) >= 11 is -2.84. The van der Waals surface area contributed by atoms with Gasteiger partial charge in [0.2, 0.25) is 0 Å². The van der Waals surface area contributed by atoms with Crippen molar-refractivity contribution < 1.29 is 46.1 Å². The molecule has 0 heterocycles. The molecule has 1 atom stereocenters. The zero-order valence-electron chi connectivity index (χ0n) is 30.5. The molecule has 0 amide bonds. The van der Waals surface area contributed by atoms with Crippen LogP contribution in [0.4, 0.5) is 0 Å². The number of benzene rings is 4. The van der Waals surface area contributed by atoms with Crippen LogP contribution >= 0.6 is 0 Å². The van der Waals surface area contributed by atoms with Crippen molar-refractivity contribution in [3.63, 3.8) is 0 Å². The minimum atomic E-state index is -2.84. The van der Waals surface area contributed by atoms with Gasteiger partial charge in [-0.25, -0.2) is 0 Å². The van der Waals surface area contributed by atoms with Crippen molar-refractivity contribution in [1.29, 1.82) is 0 Å². The van der Waals surface area contributed by atoms with Crippen LogP contribution in [0.1, 0.15) is 113 Å². The third-order valence-electron chi connectivity index (χ3n) is 10.2. The molecular formula is C45H52Cl2Zr. The van der Waals surface area contributed by atoms with Gasteiger partial charge in [0.25, 0.3) is 0 Å². The molecule has 4 aromatic carbocycles. The molecule has 0 saturated heterocycles. The van der Waals surface area contributed by atoms with Gasteiger partial charge in [-0.1, -0.05) is 0 Å². The van der Waals surface area contributed by atoms with Crippen LogP contribution in [-0.2, 0) is 32.1 Å². The Hall–Kier alpha value is -2.31. The van der Waals surface area contributed by atoms with Crippen LogP contribution in [0.15, 0.2) is 118 Å². The molecule has 0 bridgehead atoms. The van der Waals surface area contributed by atoms with Gasteiger partial charge in [-0.05, 0) is 0 Å². The van der Waals surface area contributed by atoms with Crippen molar-refractivity contribution in [3.8, 4) is 11.1 Å². The van der Waals surface area contributed by atoms with E-state index in [1.807, 2.05) is 0 Å². The monoisotopic (exact) mass is 752 g/mol. The van der Waals surface area contributed by atoms with Gasteiger partial charge in [-0.3, -0.25) is 0 Å². The maximum absolute atomic E-state index is 2.84. The van der Waals surface area contributed by atoms with Gasteiger partial charge in [-0.15, -0.1) is 0 Å². The molecule has 1 unspecified atom stereocenters. The van der Waals surface area contributed by atoms with Crippen molar-refractivity contribution in [2.24, 2.45) is 11.3 Å². The molecule has 3 heteroatoms. The molecule has 4 aromatic rings. The average molecular weight is 755 g/mol. The second-order valence-electron chi connectivity index (χ2n) is 16.5. The Morgan fingerprint density at radius 3 is 1.35 bits per heavy atom. The molecule has 0 radical (unpaired) electrons. The van der Waals surface area contributed by atoms with Crippen LogP contribution in [0, 0.1) is 11.3 Å². The summed E-state index contributed by atoms with van der Waals surface area (Å²) in [5.74, 6) is 0.487. The number of hydrogen-bond acceptors (Lipinski definition) is 0. The van der Waals surface area contributed by atoms with E-state index in [1.165, 1.54) is 50.1 Å². The second-order valence-corrected chi connectivity index (χ2v) is 22.6. The van der Waals surface area contributed by atoms with E-state index in [9.17, 15) is 0 Å². The van der Waals surface area contributed by atoms with Crippen LogP contribution in [-0.4, -0.2) is 3.21 Å². The molecule has 0 nitrogen and oxygen atoms in total. The topological polar surface area (TPSA) is 0 Å². The molecule has 0 saturated carbocycles. The maximum Gasteiger partial charge on any atom is -1.00 e. The summed E-state index contributed by atoms with van der Waals surface area (Å²) in [6, 6.07) is 38.0. The van der Waals surface area contributed by atoms with Gasteiger partial charge in [0.05, 0.1) is 0 Å². The minimum Gasteiger partial charge on any atom is -1.00 e. The fourth-order valence-electron chi connectivity index (χ4n) is 7.38. The largest absolute Gasteiger partial charge is 1.00 e. The predicted octanol–water partition coefficient (Wildman–Crippen LogP) is 6.14. The molecular weight excluding hydrogens is 703 g/mol. The molecule has 48 heavy (non-hydrogen) atoms. The Labute approximate surface area is 311 Å². The second kappa shape index (κ2) is 14.5. The van der Waals surface area contributed by atoms with Gasteiger partial charge in [-0.2, -0.15) is 0 Å². The van der Waals surface area contributed by atoms with Gasteiger partial charge in [0.1, 0.15) is 0 Å². The Kier molecular flexibility index (Phi) is 11.6. The van der Waals surface area contributed by atoms with Gasteiger partial charge >= 0.3 is 288 Å². The third kappa shape index (κ3) is 7.41. The first-order valence-electron chi connectivity index (χ1n) is 17.3. The molecule has 0 fully saturated rings. The van der Waals surface area contributed by atoms with E-state index in [-0.39, 0.29) is 41.1 Å². The number of allylic oxidation sites excluding steroid dienone is 4. The molecule has 0 aliphatic heterocycles. The summed E-state index contributed by atoms with van der Waals surface area (Å²) in [5.41, 5.74) is 13.4. The first-order valence-corrected chi connectivity index (χ1v) is 21.1. The van der Waals surface area contributed by atoms with E-state index in [0.717, 1.165) is 6.42 Å². The average Bonchev–Trinajstić information content (AvgIpc) is 3.59. The summed E-state index contributed by atoms with van der Waals surface area (Å²) in [5, 5.41) is 0. The third-order valence-corrected chi connectivity index (χ3v) is 18.7. The number of rotatable bonds is 5. The predicted molar refractivity (Wildman–Crippen MR) is 197 cm³/mol. The molecule has 2 aliphatic rings. The van der Waals surface area contributed by atoms with Crippen LogP contribution in [0.3, 0.4) is 0 Å². The molecule has 0 N–H and O–H groups in total. The molecule has 6 rings (SSSR count). The number of halogens is 2. The summed E-state index contributed by atoms with van der Waals surface area (Å²) in [6.07, 6.45) is 6.45. The smallest absolute Gasteiger partial charge is 1.00 e. The van der Waals surface area contributed by atoms with Crippen molar-refractivity contribution in [3.05, 3.63) is 151 Å². The normalized spacial score (nSPS) is 15.6. The quantitative estimate of drug-likeness (QED) is 0.230. The van der Waals surface area contributed by atoms with Gasteiger partial charge < -0.3 is 24.8 Å². The summed E-state index contributed by atoms with van der Waals surface area (Å²) in [6.45, 7) is 23.5. The molecule has 0 aromatic heterocycles. The minimum absolute atomic E-state index is 0. The maximum atomic E-state index is 2.68. The Morgan fingerprint density at radius 2 is 0.979 bits per heavy atom. The zero-order valence-corrected chi connectivity index (χ0v) is 34.5. The van der Waals surface area contributed by atoms with Crippen LogP contribution in [0.25, 0.3) is 11.1 Å². The van der Waals surface area contributed by atoms with Crippen LogP contribution in [0.2, 0.25) is 0 Å². The first-order chi connectivity index (χ1) is 21.7. The van der Waals surface area contributed by atoms with E-state index in [2.05, 4.69) is 178 Å². The Balaban J connectivity index is 0.00000260. The standard InChI is InChI=1S/C21H26.C13H9.C11H17.2ClH.Zr/c1-20(2,3)18-11-7-16(8-12-18)15-17-9-13-19(14-10-17)21(4,5)6;1-3-7-12-10(5-1)9-11-6-2-4-8-13(11)12;1-5-9-6-7-10(8-9)11(2,3)4;;;/h7-14H,1-6H3;1-9H;7-9H,5H2,1-4H3;2*1H;/q;;;;;+2/p-2. The van der Waals surface area contributed by atoms with E-state index in [4.69, 9.17) is 0 Å². The van der Waals surface area contributed by atoms with Gasteiger partial charge in [0, 0.05) is 0 Å². The van der Waals surface area contributed by atoms with E-state index < -0.39 is 21.3 Å². The SMILES string of the molecule is CCC1C=C(C(C)(C)C)C=[C]1[Zr+2](=[C](c1ccc(C(C)(C)C)cc1)c1ccc(C(C)(C)C)cc1)[CH]1c2ccccc2-c2ccccc21.[Cl-].[Cl-]. The fourth-order valence-corrected chi connectivity index (χ4v) is 17.2. The molecule has 0 spiro atoms. The summed E-state index contributed by atoms with van der Waals surface area (Å²) in [4.78, 5) is 0. The molecule has 2 aliphatic carbocycles. The van der Waals surface area contributed by atoms with Crippen LogP contribution in [0.5, 0.6) is 0 Å². The summed E-state index contributed by atoms with van der Waals surface area (Å²) in [7, 11) is 0. The number of fused-ring (bicyclic) bond motifs is 3. The van der Waals surface area contributed by atoms with Crippen molar-refractivity contribution in [1.82, 2.24) is 0 Å². The van der Waals surface area contributed by atoms with Crippen molar-refractivity contribution in [2.75, 3.05) is 0 Å². The zero-order chi connectivity index (χ0) is 33.0. The first kappa shape index (κ1) is 38.5. The Morgan fingerprint density at radius 1 is 0.562 bits per heavy atom. The van der Waals surface area contributed by atoms with E-state index in [1.54, 1.807) is 6.49 Å². The molecule has 250 valence electrons. The fraction of sp³-hybridized carbons (Fsp3) is 0.356. The van der Waals surface area contributed by atoms with Crippen molar-refractivity contribution in [2.45, 2.75) is 90.1 Å². The van der Waals surface area contributed by atoms with Crippen molar-refractivity contribution >= 4 is 3.21 Å². The van der Waals surface area contributed by atoms with E-state index in [0.29, 0.717) is 9.54 Å². The van der Waals surface area contributed by atoms with E-state index >= 15 is 0 Å². The van der Waals surface area contributed by atoms with Crippen LogP contribution < -0.4 is 24.8 Å². The van der Waals surface area contributed by atoms with Gasteiger partial charge in [0.15, 0.2) is 0 Å².